The zero-order valence-corrected chi connectivity index (χ0v) is 52.9. The first-order chi connectivity index (χ1) is 44.0. The van der Waals surface area contributed by atoms with Gasteiger partial charge < -0.3 is 53.3 Å². The molecular weight excluding hydrogens is 1180 g/mol. The first-order valence-electron chi connectivity index (χ1n) is 31.3. The second kappa shape index (κ2) is 37.4. The van der Waals surface area contributed by atoms with Gasteiger partial charge in [-0.2, -0.15) is 10.1 Å². The lowest BCUT2D eigenvalue weighted by molar-refractivity contribution is -0.128. The Bertz CT molecular complexity index is 2880. The highest BCUT2D eigenvalue weighted by Crippen LogP contribution is 2.51. The number of aromatic nitrogens is 2. The van der Waals surface area contributed by atoms with Crippen molar-refractivity contribution in [1.82, 2.24) is 29.8 Å². The Morgan fingerprint density at radius 2 is 1.37 bits per heavy atom. The number of hydrogen-bond acceptors (Lipinski definition) is 19. The van der Waals surface area contributed by atoms with Gasteiger partial charge in [0.05, 0.1) is 124 Å². The third-order valence-corrected chi connectivity index (χ3v) is 17.3. The van der Waals surface area contributed by atoms with Gasteiger partial charge in [0, 0.05) is 57.4 Å². The topological polar surface area (TPSA) is 224 Å². The molecule has 4 amide bonds. The zero-order chi connectivity index (χ0) is 63.3. The fourth-order valence-corrected chi connectivity index (χ4v) is 12.0. The monoisotopic (exact) mass is 1270 g/mol. The molecule has 2 fully saturated rings. The number of carbonyl (C=O) groups is 3. The van der Waals surface area contributed by atoms with Crippen molar-refractivity contribution in [2.45, 2.75) is 75.3 Å². The van der Waals surface area contributed by atoms with Crippen LogP contribution in [0.1, 0.15) is 91.1 Å². The van der Waals surface area contributed by atoms with Crippen LogP contribution in [0.2, 0.25) is 0 Å². The van der Waals surface area contributed by atoms with E-state index in [1.807, 2.05) is 35.2 Å². The second-order valence-corrected chi connectivity index (χ2v) is 23.5. The molecule has 25 heteroatoms. The van der Waals surface area contributed by atoms with Crippen LogP contribution in [0.5, 0.6) is 0 Å². The van der Waals surface area contributed by atoms with E-state index in [-0.39, 0.29) is 55.4 Å². The Kier molecular flexibility index (Phi) is 29.0. The van der Waals surface area contributed by atoms with Crippen molar-refractivity contribution in [2.24, 2.45) is 16.8 Å². The van der Waals surface area contributed by atoms with Crippen molar-refractivity contribution in [3.8, 4) is 0 Å². The van der Waals surface area contributed by atoms with E-state index in [9.17, 15) is 23.2 Å². The number of halogens is 2. The van der Waals surface area contributed by atoms with Crippen LogP contribution in [0.15, 0.2) is 96.7 Å². The normalized spacial score (nSPS) is 17.5. The quantitative estimate of drug-likeness (QED) is 0.0250. The smallest absolute Gasteiger partial charge is 0.415 e. The average molecular weight is 1270 g/mol. The summed E-state index contributed by atoms with van der Waals surface area (Å²) in [5.41, 5.74) is 9.97. The SMILES string of the molecule is C=CC(=O)N1CCN([C@@H](CC2CC2)c2ccc([C@H](C)CCc3ncc4c(n3)N(CCOCCOCCOCCOCCOCCOCCOCCOCCON(C)C(=O)N3N=C(c5cc(F)ccc5F)SC3(CCCN)c3ccccc3)C(=O)OC4)cc2)CC1. The molecule has 0 bridgehead atoms. The fraction of sp³-hybridized carbons (Fsp3) is 0.569. The molecule has 4 aliphatic rings. The van der Waals surface area contributed by atoms with Crippen molar-refractivity contribution < 1.29 is 70.6 Å². The minimum absolute atomic E-state index is 0.0102. The Morgan fingerprint density at radius 3 is 1.94 bits per heavy atom. The molecule has 0 radical (unpaired) electrons. The number of piperazine rings is 1. The minimum Gasteiger partial charge on any atom is -0.444 e. The number of hydroxylamine groups is 2. The summed E-state index contributed by atoms with van der Waals surface area (Å²) in [5, 5.41) is 7.02. The number of nitrogens with two attached hydrogens (primary N) is 1. The summed E-state index contributed by atoms with van der Waals surface area (Å²) in [7, 11) is 1.46. The maximum atomic E-state index is 15.0. The van der Waals surface area contributed by atoms with Crippen LogP contribution in [0, 0.1) is 17.6 Å². The van der Waals surface area contributed by atoms with Crippen LogP contribution in [-0.4, -0.2) is 212 Å². The Balaban J connectivity index is 0.589. The molecule has 3 aromatic carbocycles. The number of carbonyl (C=O) groups excluding carboxylic acids is 3. The number of rotatable bonds is 42. The van der Waals surface area contributed by atoms with Crippen LogP contribution in [0.4, 0.5) is 24.2 Å². The number of aryl methyl sites for hydroxylation is 1. The first-order valence-corrected chi connectivity index (χ1v) is 32.1. The molecule has 3 aliphatic heterocycles. The summed E-state index contributed by atoms with van der Waals surface area (Å²) >= 11 is 1.17. The maximum absolute atomic E-state index is 15.0. The molecule has 1 saturated heterocycles. The predicted octanol–water partition coefficient (Wildman–Crippen LogP) is 8.24. The van der Waals surface area contributed by atoms with E-state index in [0.29, 0.717) is 136 Å². The van der Waals surface area contributed by atoms with E-state index in [4.69, 9.17) is 58.2 Å². The molecule has 90 heavy (non-hydrogen) atoms. The third-order valence-electron chi connectivity index (χ3n) is 15.8. The first kappa shape index (κ1) is 69.8. The minimum atomic E-state index is -1.09. The largest absolute Gasteiger partial charge is 0.444 e. The number of cyclic esters (lactones) is 1. The zero-order valence-electron chi connectivity index (χ0n) is 52.1. The van der Waals surface area contributed by atoms with Gasteiger partial charge in [-0.05, 0) is 85.0 Å². The summed E-state index contributed by atoms with van der Waals surface area (Å²) < 4.78 is 79.6. The molecule has 4 aromatic rings. The highest BCUT2D eigenvalue weighted by molar-refractivity contribution is 8.15. The summed E-state index contributed by atoms with van der Waals surface area (Å²) in [6, 6.07) is 21.2. The molecule has 4 heterocycles. The lowest BCUT2D eigenvalue weighted by atomic mass is 9.92. The Labute approximate surface area is 531 Å². The molecule has 0 spiro atoms. The summed E-state index contributed by atoms with van der Waals surface area (Å²) in [5.74, 6) is 1.04. The van der Waals surface area contributed by atoms with Crippen LogP contribution in [0.25, 0.3) is 0 Å². The van der Waals surface area contributed by atoms with E-state index in [2.05, 4.69) is 52.8 Å². The number of nitrogens with zero attached hydrogens (tertiary/aromatic N) is 8. The van der Waals surface area contributed by atoms with E-state index in [1.54, 1.807) is 6.20 Å². The van der Waals surface area contributed by atoms with Crippen molar-refractivity contribution in [3.05, 3.63) is 137 Å². The van der Waals surface area contributed by atoms with Gasteiger partial charge in [0.25, 0.3) is 0 Å². The number of benzene rings is 3. The van der Waals surface area contributed by atoms with Gasteiger partial charge in [-0.25, -0.2) is 33.4 Å². The van der Waals surface area contributed by atoms with Gasteiger partial charge in [0.15, 0.2) is 0 Å². The van der Waals surface area contributed by atoms with Crippen molar-refractivity contribution in [3.63, 3.8) is 0 Å². The van der Waals surface area contributed by atoms with Gasteiger partial charge in [-0.15, -0.1) is 0 Å². The summed E-state index contributed by atoms with van der Waals surface area (Å²) in [4.78, 5) is 59.0. The maximum Gasteiger partial charge on any atom is 0.415 e. The van der Waals surface area contributed by atoms with E-state index in [0.717, 1.165) is 79.3 Å². The van der Waals surface area contributed by atoms with E-state index < -0.39 is 28.6 Å². The van der Waals surface area contributed by atoms with Crippen LogP contribution in [0.3, 0.4) is 0 Å². The summed E-state index contributed by atoms with van der Waals surface area (Å²) in [6.07, 6.45) is 8.90. The molecule has 1 unspecified atom stereocenters. The number of hydrazone groups is 1. The molecule has 3 atom stereocenters. The molecule has 1 saturated carbocycles. The number of ether oxygens (including phenoxy) is 9. The van der Waals surface area contributed by atoms with Crippen molar-refractivity contribution >= 4 is 40.7 Å². The Morgan fingerprint density at radius 1 is 0.789 bits per heavy atom. The lowest BCUT2D eigenvalue weighted by Gasteiger charge is -2.39. The van der Waals surface area contributed by atoms with Crippen LogP contribution >= 0.6 is 11.8 Å². The van der Waals surface area contributed by atoms with Crippen LogP contribution < -0.4 is 10.6 Å². The molecule has 8 rings (SSSR count). The fourth-order valence-electron chi connectivity index (χ4n) is 10.6. The average Bonchev–Trinajstić information content (AvgIpc) is 1.61. The number of hydrogen-bond donors (Lipinski definition) is 1. The number of amides is 4. The number of anilines is 1. The van der Waals surface area contributed by atoms with Crippen molar-refractivity contribution in [1.29, 1.82) is 0 Å². The van der Waals surface area contributed by atoms with Gasteiger partial charge in [-0.3, -0.25) is 19.4 Å². The molecule has 2 N–H and O–H groups in total. The van der Waals surface area contributed by atoms with E-state index >= 15 is 0 Å². The molecular formula is C65H89F2N9O13S. The Hall–Kier alpha value is -6.07. The number of urea groups is 1. The van der Waals surface area contributed by atoms with Gasteiger partial charge in [-0.1, -0.05) is 92.7 Å². The van der Waals surface area contributed by atoms with Crippen molar-refractivity contribution in [2.75, 3.05) is 164 Å². The van der Waals surface area contributed by atoms with Gasteiger partial charge >= 0.3 is 12.1 Å². The molecule has 22 nitrogen and oxygen atoms in total. The predicted molar refractivity (Wildman–Crippen MR) is 336 cm³/mol. The van der Waals surface area contributed by atoms with Crippen LogP contribution in [-0.2, 0) is 70.2 Å². The number of fused-ring (bicyclic) bond motifs is 1. The highest BCUT2D eigenvalue weighted by Gasteiger charge is 2.50. The summed E-state index contributed by atoms with van der Waals surface area (Å²) in [6.45, 7) is 15.8. The number of thioether (sulfide) groups is 1. The van der Waals surface area contributed by atoms with E-state index in [1.165, 1.54) is 58.8 Å². The lowest BCUT2D eigenvalue weighted by Crippen LogP contribution is -2.49. The highest BCUT2D eigenvalue weighted by atomic mass is 32.2. The molecule has 1 aromatic heterocycles. The second-order valence-electron chi connectivity index (χ2n) is 22.2. The standard InChI is InChI=1S/C65H89F2N9O13S/c1-4-60(77)74-25-23-73(24-26-74)58(45-50-12-13-50)52-16-14-51(15-17-52)49(2)11-20-59-69-47-53-48-88-64(79)75(61(53)70-59)27-28-80-29-30-81-31-32-82-33-34-83-35-36-84-37-38-85-39-40-86-41-42-87-43-44-89-72(3)63(78)76-65(21-8-22-68,54-9-6-5-7-10-54)90-62(71-76)56-46-55(66)18-19-57(56)67/h4-7,9-10,14-19,46-47,49-50,58H,1,8,11-13,20-45,48,68H2,2-3H3/t49-,58+,65?/m1/s1. The molecule has 492 valence electrons. The molecule has 1 aliphatic carbocycles. The van der Waals surface area contributed by atoms with Gasteiger partial charge in [0.1, 0.15) is 39.8 Å². The van der Waals surface area contributed by atoms with Gasteiger partial charge in [0.2, 0.25) is 5.91 Å². The third kappa shape index (κ3) is 21.2.